The smallest absolute Gasteiger partial charge is 0.335 e. The van der Waals surface area contributed by atoms with Crippen molar-refractivity contribution >= 4 is 16.9 Å². The molecule has 0 spiro atoms. The molecule has 2 aromatic heterocycles. The number of aromatic carboxylic acids is 1. The van der Waals surface area contributed by atoms with Gasteiger partial charge in [0, 0.05) is 16.7 Å². The summed E-state index contributed by atoms with van der Waals surface area (Å²) in [5, 5.41) is 28.0. The number of nitrogens with one attached hydrogen (secondary N) is 1. The van der Waals surface area contributed by atoms with E-state index in [0.717, 1.165) is 0 Å². The molecule has 0 amide bonds. The maximum Gasteiger partial charge on any atom is 0.335 e. The maximum atomic E-state index is 14.8. The number of halogens is 1. The molecule has 0 bridgehead atoms. The van der Waals surface area contributed by atoms with Crippen LogP contribution < -0.4 is 0 Å². The Morgan fingerprint density at radius 3 is 2.34 bits per heavy atom. The van der Waals surface area contributed by atoms with Gasteiger partial charge in [0.05, 0.1) is 22.3 Å². The Hall–Kier alpha value is -3.61. The Morgan fingerprint density at radius 1 is 1.10 bits per heavy atom. The van der Waals surface area contributed by atoms with Crippen LogP contribution in [0.2, 0.25) is 0 Å². The number of H-pyrrole nitrogens is 1. The fraction of sp³-hybridized carbons (Fsp3) is 0.182. The van der Waals surface area contributed by atoms with E-state index in [2.05, 4.69) is 10.2 Å². The predicted molar refractivity (Wildman–Crippen MR) is 108 cm³/mol. The first-order chi connectivity index (χ1) is 13.7. The van der Waals surface area contributed by atoms with Crippen LogP contribution >= 0.6 is 0 Å². The minimum absolute atomic E-state index is 0.121. The number of hydrogen-bond donors (Lipinski definition) is 3. The topological polar surface area (TPSA) is 91.1 Å². The largest absolute Gasteiger partial charge is 0.493 e. The average molecular weight is 393 g/mol. The van der Waals surface area contributed by atoms with Crippen molar-refractivity contribution in [2.75, 3.05) is 0 Å². The van der Waals surface area contributed by atoms with Gasteiger partial charge in [-0.15, -0.1) is 0 Å². The van der Waals surface area contributed by atoms with Crippen LogP contribution in [0.5, 0.6) is 5.88 Å². The summed E-state index contributed by atoms with van der Waals surface area (Å²) in [6.07, 6.45) is 0. The highest BCUT2D eigenvalue weighted by atomic mass is 19.1. The van der Waals surface area contributed by atoms with Gasteiger partial charge in [-0.3, -0.25) is 9.67 Å². The third-order valence-electron chi connectivity index (χ3n) is 4.87. The van der Waals surface area contributed by atoms with E-state index in [4.69, 9.17) is 5.11 Å². The molecule has 0 atom stereocenters. The first-order valence-corrected chi connectivity index (χ1v) is 9.11. The molecule has 7 heteroatoms. The zero-order valence-corrected chi connectivity index (χ0v) is 16.2. The predicted octanol–water partition coefficient (Wildman–Crippen LogP) is 4.86. The Labute approximate surface area is 166 Å². The second kappa shape index (κ2) is 6.48. The summed E-state index contributed by atoms with van der Waals surface area (Å²) in [6, 6.07) is 12.4. The van der Waals surface area contributed by atoms with Crippen LogP contribution in [0.25, 0.3) is 27.8 Å². The number of carbonyl (C=O) groups is 1. The van der Waals surface area contributed by atoms with Crippen LogP contribution in [0.15, 0.2) is 48.5 Å². The number of carboxylic acids is 1. The normalized spacial score (nSPS) is 11.9. The third-order valence-corrected chi connectivity index (χ3v) is 4.87. The summed E-state index contributed by atoms with van der Waals surface area (Å²) in [5.74, 6) is -1.60. The van der Waals surface area contributed by atoms with Gasteiger partial charge in [-0.1, -0.05) is 32.9 Å². The summed E-state index contributed by atoms with van der Waals surface area (Å²) >= 11 is 0. The van der Waals surface area contributed by atoms with Gasteiger partial charge < -0.3 is 10.2 Å². The van der Waals surface area contributed by atoms with E-state index in [0.29, 0.717) is 33.5 Å². The Morgan fingerprint density at radius 2 is 1.76 bits per heavy atom. The number of hydrogen-bond acceptors (Lipinski definition) is 3. The minimum Gasteiger partial charge on any atom is -0.493 e. The molecule has 0 radical (unpaired) electrons. The van der Waals surface area contributed by atoms with E-state index < -0.39 is 11.8 Å². The van der Waals surface area contributed by atoms with Crippen molar-refractivity contribution in [1.29, 1.82) is 0 Å². The van der Waals surface area contributed by atoms with Gasteiger partial charge in [-0.05, 0) is 36.4 Å². The highest BCUT2D eigenvalue weighted by molar-refractivity contribution is 6.01. The molecular formula is C22H20FN3O3. The number of carboxylic acid groups (broad SMARTS) is 1. The lowest BCUT2D eigenvalue weighted by Crippen LogP contribution is -2.12. The molecule has 6 nitrogen and oxygen atoms in total. The zero-order valence-electron chi connectivity index (χ0n) is 16.2. The van der Waals surface area contributed by atoms with Gasteiger partial charge in [-0.2, -0.15) is 5.10 Å². The van der Waals surface area contributed by atoms with Crippen molar-refractivity contribution in [3.63, 3.8) is 0 Å². The summed E-state index contributed by atoms with van der Waals surface area (Å²) in [7, 11) is 0. The van der Waals surface area contributed by atoms with Crippen molar-refractivity contribution in [2.24, 2.45) is 0 Å². The molecule has 0 saturated heterocycles. The number of rotatable bonds is 3. The third kappa shape index (κ3) is 2.95. The first-order valence-electron chi connectivity index (χ1n) is 9.11. The fourth-order valence-corrected chi connectivity index (χ4v) is 3.52. The van der Waals surface area contributed by atoms with E-state index >= 15 is 0 Å². The highest BCUT2D eigenvalue weighted by Gasteiger charge is 2.30. The van der Waals surface area contributed by atoms with Crippen LogP contribution in [-0.4, -0.2) is 30.9 Å². The van der Waals surface area contributed by atoms with E-state index in [9.17, 15) is 14.3 Å². The van der Waals surface area contributed by atoms with E-state index in [1.165, 1.54) is 22.8 Å². The van der Waals surface area contributed by atoms with Crippen molar-refractivity contribution < 1.29 is 19.4 Å². The second-order valence-corrected chi connectivity index (χ2v) is 7.91. The van der Waals surface area contributed by atoms with Crippen molar-refractivity contribution in [1.82, 2.24) is 14.8 Å². The number of nitrogens with zero attached hydrogens (tertiary/aromatic N) is 2. The highest BCUT2D eigenvalue weighted by Crippen LogP contribution is 2.44. The Bertz CT molecular complexity index is 1230. The average Bonchev–Trinajstić information content (AvgIpc) is 3.21. The maximum absolute atomic E-state index is 14.8. The van der Waals surface area contributed by atoms with Crippen LogP contribution in [0.3, 0.4) is 0 Å². The summed E-state index contributed by atoms with van der Waals surface area (Å²) in [5.41, 5.74) is 2.14. The molecule has 0 aliphatic carbocycles. The number of benzene rings is 2. The molecule has 0 unspecified atom stereocenters. The fourth-order valence-electron chi connectivity index (χ4n) is 3.52. The summed E-state index contributed by atoms with van der Waals surface area (Å²) in [4.78, 5) is 11.2. The van der Waals surface area contributed by atoms with Crippen molar-refractivity contribution in [3.8, 4) is 22.8 Å². The number of aromatic nitrogens is 3. The molecule has 2 aromatic carbocycles. The molecule has 4 rings (SSSR count). The van der Waals surface area contributed by atoms with Gasteiger partial charge in [0.2, 0.25) is 5.88 Å². The zero-order chi connectivity index (χ0) is 20.9. The Balaban J connectivity index is 2.11. The molecule has 0 fully saturated rings. The van der Waals surface area contributed by atoms with E-state index in [-0.39, 0.29) is 16.9 Å². The SMILES string of the molecule is CC(C)(C)c1n[nH]c2c(O)n(-c3ccc(C(=O)O)cc3)c(-c3ccccc3F)c12. The molecular weight excluding hydrogens is 373 g/mol. The van der Waals surface area contributed by atoms with Crippen LogP contribution in [0, 0.1) is 5.82 Å². The van der Waals surface area contributed by atoms with Crippen molar-refractivity contribution in [2.45, 2.75) is 26.2 Å². The van der Waals surface area contributed by atoms with Gasteiger partial charge >= 0.3 is 5.97 Å². The van der Waals surface area contributed by atoms with Gasteiger partial charge in [0.15, 0.2) is 0 Å². The quantitative estimate of drug-likeness (QED) is 0.463. The molecule has 29 heavy (non-hydrogen) atoms. The number of aromatic hydroxyl groups is 1. The summed E-state index contributed by atoms with van der Waals surface area (Å²) in [6.45, 7) is 5.97. The summed E-state index contributed by atoms with van der Waals surface area (Å²) < 4.78 is 16.3. The molecule has 0 aliphatic heterocycles. The number of aromatic amines is 1. The van der Waals surface area contributed by atoms with Crippen molar-refractivity contribution in [3.05, 3.63) is 65.6 Å². The van der Waals surface area contributed by atoms with Crippen LogP contribution in [0.4, 0.5) is 4.39 Å². The molecule has 148 valence electrons. The van der Waals surface area contributed by atoms with Gasteiger partial charge in [0.1, 0.15) is 11.3 Å². The van der Waals surface area contributed by atoms with Crippen LogP contribution in [-0.2, 0) is 5.41 Å². The molecule has 3 N–H and O–H groups in total. The standard InChI is InChI=1S/C22H20FN3O3/c1-22(2,3)19-16-17(24-25-19)20(27)26(13-10-8-12(9-11-13)21(28)29)18(16)14-6-4-5-7-15(14)23/h4-11,24,27H,1-3H3,(H,28,29). The van der Waals surface area contributed by atoms with E-state index in [1.54, 1.807) is 30.3 Å². The lowest BCUT2D eigenvalue weighted by atomic mass is 9.89. The first kappa shape index (κ1) is 18.7. The lowest BCUT2D eigenvalue weighted by Gasteiger charge is -2.17. The van der Waals surface area contributed by atoms with Gasteiger partial charge in [-0.25, -0.2) is 9.18 Å². The Kier molecular flexibility index (Phi) is 4.19. The molecule has 4 aromatic rings. The molecule has 2 heterocycles. The monoisotopic (exact) mass is 393 g/mol. The molecule has 0 aliphatic rings. The molecule has 0 saturated carbocycles. The van der Waals surface area contributed by atoms with Gasteiger partial charge in [0.25, 0.3) is 0 Å². The number of fused-ring (bicyclic) bond motifs is 1. The second-order valence-electron chi connectivity index (χ2n) is 7.91. The van der Waals surface area contributed by atoms with E-state index in [1.807, 2.05) is 20.8 Å². The lowest BCUT2D eigenvalue weighted by molar-refractivity contribution is 0.0697. The minimum atomic E-state index is -1.05. The van der Waals surface area contributed by atoms with Crippen LogP contribution in [0.1, 0.15) is 36.8 Å².